The van der Waals surface area contributed by atoms with Gasteiger partial charge >= 0.3 is 0 Å². The number of ether oxygens (including phenoxy) is 2. The number of anilines is 1. The molecule has 2 N–H and O–H groups in total. The lowest BCUT2D eigenvalue weighted by Crippen LogP contribution is -2.48. The summed E-state index contributed by atoms with van der Waals surface area (Å²) in [4.78, 5) is 22.2. The minimum absolute atomic E-state index is 0.0717. The van der Waals surface area contributed by atoms with Gasteiger partial charge in [0.15, 0.2) is 0 Å². The van der Waals surface area contributed by atoms with Gasteiger partial charge in [-0.25, -0.2) is 4.98 Å². The van der Waals surface area contributed by atoms with Gasteiger partial charge in [0, 0.05) is 38.0 Å². The van der Waals surface area contributed by atoms with Gasteiger partial charge in [-0.1, -0.05) is 35.3 Å². The normalized spacial score (nSPS) is 20.4. The van der Waals surface area contributed by atoms with Crippen molar-refractivity contribution in [3.05, 3.63) is 76.4 Å². The molecule has 42 heavy (non-hydrogen) atoms. The third-order valence-corrected chi connectivity index (χ3v) is 8.77. The number of hydrogen-bond donors (Lipinski definition) is 2. The number of nitrogens with zero attached hydrogens (tertiary/aromatic N) is 3. The Bertz CT molecular complexity index is 1380. The molecule has 3 fully saturated rings. The van der Waals surface area contributed by atoms with E-state index in [1.165, 1.54) is 0 Å². The van der Waals surface area contributed by atoms with Crippen LogP contribution in [0.5, 0.6) is 17.4 Å². The molecule has 3 aromatic rings. The molecule has 0 radical (unpaired) electrons. The van der Waals surface area contributed by atoms with Gasteiger partial charge in [-0.15, -0.1) is 0 Å². The van der Waals surface area contributed by atoms with E-state index < -0.39 is 12.1 Å². The highest BCUT2D eigenvalue weighted by Gasteiger charge is 2.34. The summed E-state index contributed by atoms with van der Waals surface area (Å²) in [5.41, 5.74) is 1.48. The van der Waals surface area contributed by atoms with Crippen molar-refractivity contribution in [3.8, 4) is 17.4 Å². The fourth-order valence-corrected chi connectivity index (χ4v) is 6.15. The molecule has 0 unspecified atom stereocenters. The van der Waals surface area contributed by atoms with Crippen LogP contribution in [0, 0.1) is 5.92 Å². The number of likely N-dealkylation sites (tertiary alicyclic amines) is 1. The fourth-order valence-electron chi connectivity index (χ4n) is 5.68. The zero-order valence-electron chi connectivity index (χ0n) is 23.4. The Labute approximate surface area is 256 Å². The largest absolute Gasteiger partial charge is 0.489 e. The van der Waals surface area contributed by atoms with Crippen molar-refractivity contribution in [1.82, 2.24) is 15.2 Å². The zero-order chi connectivity index (χ0) is 29.1. The van der Waals surface area contributed by atoms with E-state index in [4.69, 9.17) is 32.7 Å². The third kappa shape index (κ3) is 7.11. The molecule has 0 spiro atoms. The Hall–Kier alpha value is -3.04. The van der Waals surface area contributed by atoms with Crippen LogP contribution in [0.1, 0.15) is 43.8 Å². The molecule has 8 nitrogen and oxygen atoms in total. The van der Waals surface area contributed by atoms with Crippen LogP contribution < -0.4 is 19.7 Å². The molecule has 3 atom stereocenters. The fraction of sp³-hybridized carbons (Fsp3) is 0.438. The second kappa shape index (κ2) is 13.1. The van der Waals surface area contributed by atoms with Gasteiger partial charge in [-0.3, -0.25) is 4.79 Å². The van der Waals surface area contributed by atoms with Gasteiger partial charge in [-0.05, 0) is 81.1 Å². The van der Waals surface area contributed by atoms with E-state index in [2.05, 4.69) is 20.1 Å². The van der Waals surface area contributed by atoms with Crippen molar-refractivity contribution >= 4 is 34.8 Å². The highest BCUT2D eigenvalue weighted by atomic mass is 35.5. The van der Waals surface area contributed by atoms with E-state index in [1.54, 1.807) is 24.4 Å². The maximum atomic E-state index is 13.6. The number of halogens is 2. The number of nitrogens with one attached hydrogen (secondary N) is 1. The first-order valence-corrected chi connectivity index (χ1v) is 15.5. The SMILES string of the molecule is O=C(N[C@H](CN1CCCC1)[C@H](O)c1ccc(OC2CC2)c(Cl)c1)[C@@H]1CCN(c2cc(Oc3ccccn3)ccc2Cl)C1. The molecule has 1 aliphatic carbocycles. The van der Waals surface area contributed by atoms with Crippen molar-refractivity contribution in [2.75, 3.05) is 37.6 Å². The highest BCUT2D eigenvalue weighted by Crippen LogP contribution is 2.36. The average Bonchev–Trinajstić information content (AvgIpc) is 3.42. The Morgan fingerprint density at radius 1 is 1.02 bits per heavy atom. The number of pyridine rings is 1. The molecule has 1 aromatic heterocycles. The average molecular weight is 612 g/mol. The summed E-state index contributed by atoms with van der Waals surface area (Å²) in [6.45, 7) is 3.69. The lowest BCUT2D eigenvalue weighted by atomic mass is 10.00. The van der Waals surface area contributed by atoms with Crippen LogP contribution in [0.15, 0.2) is 60.8 Å². The summed E-state index contributed by atoms with van der Waals surface area (Å²) < 4.78 is 11.8. The summed E-state index contributed by atoms with van der Waals surface area (Å²) >= 11 is 13.1. The maximum absolute atomic E-state index is 13.6. The number of carbonyl (C=O) groups is 1. The molecule has 6 rings (SSSR count). The van der Waals surface area contributed by atoms with Crippen LogP contribution in [-0.2, 0) is 4.79 Å². The molecule has 2 aromatic carbocycles. The van der Waals surface area contributed by atoms with E-state index in [9.17, 15) is 9.90 Å². The van der Waals surface area contributed by atoms with Gasteiger partial charge in [0.25, 0.3) is 0 Å². The number of aliphatic hydroxyl groups excluding tert-OH is 1. The molecule has 3 aliphatic rings. The van der Waals surface area contributed by atoms with Gasteiger partial charge < -0.3 is 29.7 Å². The third-order valence-electron chi connectivity index (χ3n) is 8.16. The first kappa shape index (κ1) is 29.1. The predicted octanol–water partition coefficient (Wildman–Crippen LogP) is 5.86. The number of aliphatic hydroxyl groups is 1. The lowest BCUT2D eigenvalue weighted by molar-refractivity contribution is -0.126. The van der Waals surface area contributed by atoms with Crippen LogP contribution >= 0.6 is 23.2 Å². The minimum Gasteiger partial charge on any atom is -0.489 e. The predicted molar refractivity (Wildman–Crippen MR) is 164 cm³/mol. The van der Waals surface area contributed by atoms with Crippen molar-refractivity contribution in [3.63, 3.8) is 0 Å². The maximum Gasteiger partial charge on any atom is 0.225 e. The number of carbonyl (C=O) groups excluding carboxylic acids is 1. The zero-order valence-corrected chi connectivity index (χ0v) is 24.9. The van der Waals surface area contributed by atoms with Crippen LogP contribution in [-0.4, -0.2) is 65.8 Å². The molecule has 2 aliphatic heterocycles. The smallest absolute Gasteiger partial charge is 0.225 e. The second-order valence-corrected chi connectivity index (χ2v) is 12.2. The van der Waals surface area contributed by atoms with Crippen molar-refractivity contribution in [2.24, 2.45) is 5.92 Å². The van der Waals surface area contributed by atoms with Gasteiger partial charge in [0.1, 0.15) is 17.6 Å². The van der Waals surface area contributed by atoms with E-state index in [-0.39, 0.29) is 17.9 Å². The highest BCUT2D eigenvalue weighted by molar-refractivity contribution is 6.33. The van der Waals surface area contributed by atoms with E-state index in [1.807, 2.05) is 36.4 Å². The van der Waals surface area contributed by atoms with Gasteiger partial charge in [-0.2, -0.15) is 0 Å². The van der Waals surface area contributed by atoms with Crippen molar-refractivity contribution in [2.45, 2.75) is 50.4 Å². The monoisotopic (exact) mass is 610 g/mol. The van der Waals surface area contributed by atoms with Crippen LogP contribution in [0.2, 0.25) is 10.0 Å². The Morgan fingerprint density at radius 3 is 2.60 bits per heavy atom. The molecule has 0 bridgehead atoms. The van der Waals surface area contributed by atoms with Crippen molar-refractivity contribution in [1.29, 1.82) is 0 Å². The number of amides is 1. The number of aromatic nitrogens is 1. The molecule has 3 heterocycles. The van der Waals surface area contributed by atoms with E-state index >= 15 is 0 Å². The second-order valence-electron chi connectivity index (χ2n) is 11.4. The summed E-state index contributed by atoms with van der Waals surface area (Å²) in [6, 6.07) is 15.9. The number of benzene rings is 2. The minimum atomic E-state index is -0.908. The molecule has 222 valence electrons. The molecule has 10 heteroatoms. The lowest BCUT2D eigenvalue weighted by Gasteiger charge is -2.30. The summed E-state index contributed by atoms with van der Waals surface area (Å²) in [5.74, 6) is 1.44. The van der Waals surface area contributed by atoms with Crippen LogP contribution in [0.25, 0.3) is 0 Å². The Balaban J connectivity index is 1.13. The van der Waals surface area contributed by atoms with Crippen molar-refractivity contribution < 1.29 is 19.4 Å². The Kier molecular flexibility index (Phi) is 9.05. The van der Waals surface area contributed by atoms with Crippen LogP contribution in [0.3, 0.4) is 0 Å². The summed E-state index contributed by atoms with van der Waals surface area (Å²) in [6.07, 6.45) is 6.01. The Morgan fingerprint density at radius 2 is 1.86 bits per heavy atom. The quantitative estimate of drug-likeness (QED) is 0.281. The molecule has 1 saturated carbocycles. The number of rotatable bonds is 11. The number of hydrogen-bond acceptors (Lipinski definition) is 7. The molecular weight excluding hydrogens is 575 g/mol. The van der Waals surface area contributed by atoms with E-state index in [0.717, 1.165) is 44.5 Å². The first-order valence-electron chi connectivity index (χ1n) is 14.7. The molecule has 1 amide bonds. The van der Waals surface area contributed by atoms with Crippen LogP contribution in [0.4, 0.5) is 5.69 Å². The topological polar surface area (TPSA) is 87.2 Å². The first-order chi connectivity index (χ1) is 20.4. The standard InChI is InChI=1S/C32H36Cl2N4O4/c33-25-10-9-24(42-30-5-1-2-13-35-30)18-28(25)38-16-12-22(19-38)32(40)36-27(20-37-14-3-4-15-37)31(39)21-6-11-29(26(34)17-21)41-23-7-8-23/h1-2,5-6,9-11,13,17-18,22-23,27,31,39H,3-4,7-8,12,14-16,19-20H2,(H,36,40)/t22-,27-,31-/m1/s1. The molecular formula is C32H36Cl2N4O4. The van der Waals surface area contributed by atoms with Gasteiger partial charge in [0.2, 0.25) is 11.8 Å². The van der Waals surface area contributed by atoms with Gasteiger partial charge in [0.05, 0.1) is 33.8 Å². The molecule has 2 saturated heterocycles. The van der Waals surface area contributed by atoms with E-state index in [0.29, 0.717) is 59.0 Å². The summed E-state index contributed by atoms with van der Waals surface area (Å²) in [7, 11) is 0. The summed E-state index contributed by atoms with van der Waals surface area (Å²) in [5, 5.41) is 15.7.